The SMILES string of the molecule is CCS(=O)(=O)C1=CCC=C1. The van der Waals surface area contributed by atoms with Gasteiger partial charge >= 0.3 is 0 Å². The van der Waals surface area contributed by atoms with Gasteiger partial charge in [0.05, 0.1) is 10.7 Å². The second-order valence-corrected chi connectivity index (χ2v) is 4.43. The smallest absolute Gasteiger partial charge is 0.177 e. The molecule has 0 aromatic rings. The van der Waals surface area contributed by atoms with Gasteiger partial charge in [-0.15, -0.1) is 0 Å². The molecule has 10 heavy (non-hydrogen) atoms. The van der Waals surface area contributed by atoms with Gasteiger partial charge < -0.3 is 0 Å². The molecule has 0 radical (unpaired) electrons. The molecular weight excluding hydrogens is 148 g/mol. The highest BCUT2D eigenvalue weighted by Gasteiger charge is 2.13. The molecule has 0 bridgehead atoms. The summed E-state index contributed by atoms with van der Waals surface area (Å²) in [4.78, 5) is 0.481. The summed E-state index contributed by atoms with van der Waals surface area (Å²) in [5, 5.41) is 0. The van der Waals surface area contributed by atoms with Crippen LogP contribution in [0.1, 0.15) is 13.3 Å². The molecule has 2 nitrogen and oxygen atoms in total. The average Bonchev–Trinajstić information content (AvgIpc) is 2.38. The molecule has 3 heteroatoms. The predicted octanol–water partition coefficient (Wildman–Crippen LogP) is 1.26. The van der Waals surface area contributed by atoms with Crippen molar-refractivity contribution < 1.29 is 8.42 Å². The van der Waals surface area contributed by atoms with Crippen LogP contribution in [0, 0.1) is 0 Å². The zero-order valence-electron chi connectivity index (χ0n) is 5.87. The van der Waals surface area contributed by atoms with Crippen molar-refractivity contribution in [3.63, 3.8) is 0 Å². The van der Waals surface area contributed by atoms with E-state index in [1.54, 1.807) is 19.1 Å². The van der Waals surface area contributed by atoms with Crippen LogP contribution in [0.25, 0.3) is 0 Å². The van der Waals surface area contributed by atoms with Gasteiger partial charge in [0, 0.05) is 0 Å². The van der Waals surface area contributed by atoms with E-state index in [1.165, 1.54) is 0 Å². The van der Waals surface area contributed by atoms with Crippen molar-refractivity contribution in [1.82, 2.24) is 0 Å². The number of hydrogen-bond acceptors (Lipinski definition) is 2. The van der Waals surface area contributed by atoms with Gasteiger partial charge in [-0.3, -0.25) is 0 Å². The molecule has 0 fully saturated rings. The highest BCUT2D eigenvalue weighted by Crippen LogP contribution is 2.15. The first-order chi connectivity index (χ1) is 4.67. The van der Waals surface area contributed by atoms with E-state index in [-0.39, 0.29) is 5.75 Å². The number of allylic oxidation sites excluding steroid dienone is 3. The van der Waals surface area contributed by atoms with Crippen LogP contribution in [0.4, 0.5) is 0 Å². The Bertz CT molecular complexity index is 270. The van der Waals surface area contributed by atoms with E-state index in [0.29, 0.717) is 4.91 Å². The molecule has 1 aliphatic rings. The third-order valence-corrected chi connectivity index (χ3v) is 3.26. The molecule has 0 aromatic carbocycles. The molecule has 56 valence electrons. The molecule has 0 amide bonds. The molecule has 0 aromatic heterocycles. The third-order valence-electron chi connectivity index (χ3n) is 1.48. The topological polar surface area (TPSA) is 34.1 Å². The van der Waals surface area contributed by atoms with Crippen LogP contribution < -0.4 is 0 Å². The molecule has 0 heterocycles. The summed E-state index contributed by atoms with van der Waals surface area (Å²) >= 11 is 0. The van der Waals surface area contributed by atoms with Gasteiger partial charge in [-0.2, -0.15) is 0 Å². The van der Waals surface area contributed by atoms with Crippen molar-refractivity contribution >= 4 is 9.84 Å². The Balaban J connectivity index is 2.95. The summed E-state index contributed by atoms with van der Waals surface area (Å²) in [6.45, 7) is 1.66. The fourth-order valence-corrected chi connectivity index (χ4v) is 1.82. The van der Waals surface area contributed by atoms with Crippen LogP contribution in [0.5, 0.6) is 0 Å². The first kappa shape index (κ1) is 7.54. The van der Waals surface area contributed by atoms with E-state index in [0.717, 1.165) is 6.42 Å². The van der Waals surface area contributed by atoms with Crippen LogP contribution in [0.15, 0.2) is 23.1 Å². The van der Waals surface area contributed by atoms with Gasteiger partial charge in [-0.05, 0) is 12.5 Å². The van der Waals surface area contributed by atoms with E-state index >= 15 is 0 Å². The quantitative estimate of drug-likeness (QED) is 0.606. The van der Waals surface area contributed by atoms with E-state index in [2.05, 4.69) is 0 Å². The van der Waals surface area contributed by atoms with E-state index in [1.807, 2.05) is 6.08 Å². The van der Waals surface area contributed by atoms with Gasteiger partial charge in [-0.1, -0.05) is 19.1 Å². The lowest BCUT2D eigenvalue weighted by Gasteiger charge is -1.96. The van der Waals surface area contributed by atoms with Gasteiger partial charge in [0.2, 0.25) is 0 Å². The molecule has 1 rings (SSSR count). The Labute approximate surface area is 61.2 Å². The molecule has 0 N–H and O–H groups in total. The van der Waals surface area contributed by atoms with Crippen LogP contribution in [0.2, 0.25) is 0 Å². The Morgan fingerprint density at radius 2 is 2.30 bits per heavy atom. The molecule has 0 unspecified atom stereocenters. The molecule has 0 atom stereocenters. The van der Waals surface area contributed by atoms with Gasteiger partial charge in [0.1, 0.15) is 0 Å². The van der Waals surface area contributed by atoms with E-state index in [9.17, 15) is 8.42 Å². The number of rotatable bonds is 2. The van der Waals surface area contributed by atoms with E-state index < -0.39 is 9.84 Å². The lowest BCUT2D eigenvalue weighted by atomic mass is 10.5. The maximum atomic E-state index is 11.1. The second kappa shape index (κ2) is 2.58. The third kappa shape index (κ3) is 1.29. The zero-order valence-corrected chi connectivity index (χ0v) is 6.69. The molecule has 1 aliphatic carbocycles. The lowest BCUT2D eigenvalue weighted by molar-refractivity contribution is 0.604. The van der Waals surface area contributed by atoms with Crippen molar-refractivity contribution in [3.8, 4) is 0 Å². The van der Waals surface area contributed by atoms with Crippen LogP contribution in [-0.2, 0) is 9.84 Å². The summed E-state index contributed by atoms with van der Waals surface area (Å²) in [6, 6.07) is 0. The van der Waals surface area contributed by atoms with Crippen molar-refractivity contribution in [3.05, 3.63) is 23.1 Å². The highest BCUT2D eigenvalue weighted by atomic mass is 32.2. The molecule has 0 saturated heterocycles. The van der Waals surface area contributed by atoms with Crippen LogP contribution in [-0.4, -0.2) is 14.2 Å². The number of hydrogen-bond donors (Lipinski definition) is 0. The molecule has 0 saturated carbocycles. The zero-order chi connectivity index (χ0) is 7.61. The Kier molecular flexibility index (Phi) is 1.94. The van der Waals surface area contributed by atoms with Crippen molar-refractivity contribution in [2.75, 3.05) is 5.75 Å². The monoisotopic (exact) mass is 158 g/mol. The Morgan fingerprint density at radius 1 is 1.60 bits per heavy atom. The standard InChI is InChI=1S/C7H10O2S/c1-2-10(8,9)7-5-3-4-6-7/h3,5-6H,2,4H2,1H3. The minimum Gasteiger partial charge on any atom is -0.224 e. The summed E-state index contributed by atoms with van der Waals surface area (Å²) in [6.07, 6.45) is 6.01. The van der Waals surface area contributed by atoms with Gasteiger partial charge in [-0.25, -0.2) is 8.42 Å². The number of sulfone groups is 1. The summed E-state index contributed by atoms with van der Waals surface area (Å²) in [5.74, 6) is 0.198. The first-order valence-electron chi connectivity index (χ1n) is 3.26. The fourth-order valence-electron chi connectivity index (χ4n) is 0.834. The molecular formula is C7H10O2S. The highest BCUT2D eigenvalue weighted by molar-refractivity contribution is 7.95. The molecule has 0 spiro atoms. The van der Waals surface area contributed by atoms with Crippen LogP contribution >= 0.6 is 0 Å². The largest absolute Gasteiger partial charge is 0.224 e. The van der Waals surface area contributed by atoms with Crippen LogP contribution in [0.3, 0.4) is 0 Å². The van der Waals surface area contributed by atoms with Crippen molar-refractivity contribution in [2.24, 2.45) is 0 Å². The summed E-state index contributed by atoms with van der Waals surface area (Å²) in [5.41, 5.74) is 0. The normalized spacial score (nSPS) is 17.5. The second-order valence-electron chi connectivity index (χ2n) is 2.15. The first-order valence-corrected chi connectivity index (χ1v) is 4.91. The fraction of sp³-hybridized carbons (Fsp3) is 0.429. The minimum absolute atomic E-state index is 0.198. The van der Waals surface area contributed by atoms with Crippen molar-refractivity contribution in [2.45, 2.75) is 13.3 Å². The Morgan fingerprint density at radius 3 is 2.70 bits per heavy atom. The summed E-state index contributed by atoms with van der Waals surface area (Å²) < 4.78 is 22.2. The Hall–Kier alpha value is -0.570. The van der Waals surface area contributed by atoms with Gasteiger partial charge in [0.25, 0.3) is 0 Å². The minimum atomic E-state index is -2.92. The average molecular weight is 158 g/mol. The molecule has 0 aliphatic heterocycles. The lowest BCUT2D eigenvalue weighted by Crippen LogP contribution is -2.03. The van der Waals surface area contributed by atoms with E-state index in [4.69, 9.17) is 0 Å². The van der Waals surface area contributed by atoms with Gasteiger partial charge in [0.15, 0.2) is 9.84 Å². The maximum absolute atomic E-state index is 11.1. The maximum Gasteiger partial charge on any atom is 0.177 e. The predicted molar refractivity (Wildman–Crippen MR) is 41.3 cm³/mol. The summed E-state index contributed by atoms with van der Waals surface area (Å²) in [7, 11) is -2.92. The van der Waals surface area contributed by atoms with Crippen molar-refractivity contribution in [1.29, 1.82) is 0 Å².